The van der Waals surface area contributed by atoms with E-state index < -0.39 is 0 Å². The maximum Gasteiger partial charge on any atom is 0.229 e. The monoisotopic (exact) mass is 336 g/mol. The number of nitrogens with zero attached hydrogens (tertiary/aromatic N) is 2. The van der Waals surface area contributed by atoms with Gasteiger partial charge in [0, 0.05) is 36.4 Å². The molecule has 2 rings (SSSR count). The molecular weight excluding hydrogens is 316 g/mol. The fourth-order valence-corrected chi connectivity index (χ4v) is 2.09. The fourth-order valence-electron chi connectivity index (χ4n) is 1.99. The van der Waals surface area contributed by atoms with E-state index in [0.717, 1.165) is 23.6 Å². The van der Waals surface area contributed by atoms with Gasteiger partial charge in [0.05, 0.1) is 13.7 Å². The van der Waals surface area contributed by atoms with E-state index in [9.17, 15) is 0 Å². The number of alkyl halides is 1. The standard InChI is InChI=1S/C16H21ClN4O2/c1-11-9-15(18-2)21-16(19-11)20-12-5-6-13(22-3)14(10-12)23-8-4-7-17/h5-6,9-10H,4,7-8H2,1-3H3,(H2,18,19,20,21). The first-order chi connectivity index (χ1) is 11.2. The Balaban J connectivity index is 2.19. The highest BCUT2D eigenvalue weighted by molar-refractivity contribution is 6.17. The van der Waals surface area contributed by atoms with E-state index in [1.807, 2.05) is 38.2 Å². The Kier molecular flexibility index (Phi) is 6.29. The number of ether oxygens (including phenoxy) is 2. The Morgan fingerprint density at radius 2 is 2.00 bits per heavy atom. The van der Waals surface area contributed by atoms with Gasteiger partial charge in [-0.05, 0) is 25.5 Å². The van der Waals surface area contributed by atoms with Gasteiger partial charge in [0.25, 0.3) is 0 Å². The molecule has 0 fully saturated rings. The number of anilines is 3. The second-order valence-corrected chi connectivity index (χ2v) is 5.23. The topological polar surface area (TPSA) is 68.3 Å². The van der Waals surface area contributed by atoms with Crippen LogP contribution in [0.1, 0.15) is 12.1 Å². The molecular formula is C16H21ClN4O2. The van der Waals surface area contributed by atoms with Crippen LogP contribution in [0.3, 0.4) is 0 Å². The van der Waals surface area contributed by atoms with Crippen LogP contribution in [0.25, 0.3) is 0 Å². The zero-order chi connectivity index (χ0) is 16.7. The maximum atomic E-state index is 5.71. The summed E-state index contributed by atoms with van der Waals surface area (Å²) in [6, 6.07) is 7.46. The molecule has 0 atom stereocenters. The van der Waals surface area contributed by atoms with Crippen molar-refractivity contribution in [3.8, 4) is 11.5 Å². The molecule has 0 saturated heterocycles. The SMILES string of the molecule is CNc1cc(C)nc(Nc2ccc(OC)c(OCCCCl)c2)n1. The molecule has 124 valence electrons. The highest BCUT2D eigenvalue weighted by Gasteiger charge is 2.08. The van der Waals surface area contributed by atoms with Gasteiger partial charge < -0.3 is 20.1 Å². The van der Waals surface area contributed by atoms with Crippen LogP contribution >= 0.6 is 11.6 Å². The van der Waals surface area contributed by atoms with Crippen LogP contribution in [0.2, 0.25) is 0 Å². The summed E-state index contributed by atoms with van der Waals surface area (Å²) in [7, 11) is 3.43. The van der Waals surface area contributed by atoms with E-state index in [1.165, 1.54) is 0 Å². The lowest BCUT2D eigenvalue weighted by Gasteiger charge is -2.13. The largest absolute Gasteiger partial charge is 0.493 e. The summed E-state index contributed by atoms with van der Waals surface area (Å²) >= 11 is 5.68. The number of aryl methyl sites for hydroxylation is 1. The number of rotatable bonds is 8. The molecule has 0 saturated carbocycles. The Labute approximate surface area is 141 Å². The lowest BCUT2D eigenvalue weighted by Crippen LogP contribution is -2.03. The lowest BCUT2D eigenvalue weighted by molar-refractivity contribution is 0.295. The lowest BCUT2D eigenvalue weighted by atomic mass is 10.2. The Morgan fingerprint density at radius 1 is 1.17 bits per heavy atom. The van der Waals surface area contributed by atoms with Crippen molar-refractivity contribution in [1.29, 1.82) is 0 Å². The van der Waals surface area contributed by atoms with Crippen molar-refractivity contribution in [2.24, 2.45) is 0 Å². The van der Waals surface area contributed by atoms with Crippen LogP contribution in [0.15, 0.2) is 24.3 Å². The quantitative estimate of drug-likeness (QED) is 0.567. The van der Waals surface area contributed by atoms with Crippen LogP contribution in [-0.4, -0.2) is 36.6 Å². The summed E-state index contributed by atoms with van der Waals surface area (Å²) in [4.78, 5) is 8.75. The molecule has 0 amide bonds. The predicted molar refractivity (Wildman–Crippen MR) is 93.4 cm³/mol. The molecule has 23 heavy (non-hydrogen) atoms. The summed E-state index contributed by atoms with van der Waals surface area (Å²) < 4.78 is 11.0. The van der Waals surface area contributed by atoms with E-state index in [-0.39, 0.29) is 0 Å². The minimum Gasteiger partial charge on any atom is -0.493 e. The third-order valence-corrected chi connectivity index (χ3v) is 3.33. The first-order valence-electron chi connectivity index (χ1n) is 7.33. The van der Waals surface area contributed by atoms with Gasteiger partial charge in [0.15, 0.2) is 11.5 Å². The third kappa shape index (κ3) is 4.89. The highest BCUT2D eigenvalue weighted by atomic mass is 35.5. The van der Waals surface area contributed by atoms with Gasteiger partial charge >= 0.3 is 0 Å². The summed E-state index contributed by atoms with van der Waals surface area (Å²) in [6.07, 6.45) is 0.773. The van der Waals surface area contributed by atoms with Gasteiger partial charge in [-0.1, -0.05) is 0 Å². The van der Waals surface area contributed by atoms with Gasteiger partial charge in [-0.3, -0.25) is 0 Å². The van der Waals surface area contributed by atoms with Gasteiger partial charge in [0.2, 0.25) is 5.95 Å². The molecule has 1 heterocycles. The number of aromatic nitrogens is 2. The molecule has 0 spiro atoms. The minimum absolute atomic E-state index is 0.520. The second-order valence-electron chi connectivity index (χ2n) is 4.85. The molecule has 0 aliphatic carbocycles. The van der Waals surface area contributed by atoms with Crippen molar-refractivity contribution in [3.63, 3.8) is 0 Å². The molecule has 0 bridgehead atoms. The van der Waals surface area contributed by atoms with Crippen LogP contribution in [0.5, 0.6) is 11.5 Å². The third-order valence-electron chi connectivity index (χ3n) is 3.07. The van der Waals surface area contributed by atoms with E-state index >= 15 is 0 Å². The Bertz CT molecular complexity index is 652. The summed E-state index contributed by atoms with van der Waals surface area (Å²) in [5, 5.41) is 6.19. The van der Waals surface area contributed by atoms with Gasteiger partial charge in [-0.2, -0.15) is 4.98 Å². The van der Waals surface area contributed by atoms with Crippen molar-refractivity contribution in [1.82, 2.24) is 9.97 Å². The van der Waals surface area contributed by atoms with E-state index in [2.05, 4.69) is 20.6 Å². The van der Waals surface area contributed by atoms with E-state index in [4.69, 9.17) is 21.1 Å². The zero-order valence-electron chi connectivity index (χ0n) is 13.5. The minimum atomic E-state index is 0.520. The molecule has 7 heteroatoms. The first kappa shape index (κ1) is 17.1. The zero-order valence-corrected chi connectivity index (χ0v) is 14.3. The van der Waals surface area contributed by atoms with E-state index in [0.29, 0.717) is 29.9 Å². The first-order valence-corrected chi connectivity index (χ1v) is 7.87. The van der Waals surface area contributed by atoms with Gasteiger partial charge in [-0.15, -0.1) is 11.6 Å². The molecule has 6 nitrogen and oxygen atoms in total. The molecule has 2 aromatic rings. The number of halogens is 1. The van der Waals surface area contributed by atoms with Crippen molar-refractivity contribution >= 4 is 29.1 Å². The van der Waals surface area contributed by atoms with Gasteiger partial charge in [0.1, 0.15) is 5.82 Å². The Morgan fingerprint density at radius 3 is 2.70 bits per heavy atom. The number of nitrogens with one attached hydrogen (secondary N) is 2. The molecule has 0 aliphatic rings. The molecule has 2 N–H and O–H groups in total. The molecule has 0 radical (unpaired) electrons. The van der Waals surface area contributed by atoms with Crippen LogP contribution in [-0.2, 0) is 0 Å². The van der Waals surface area contributed by atoms with Crippen LogP contribution in [0.4, 0.5) is 17.5 Å². The number of hydrogen-bond donors (Lipinski definition) is 2. The number of methoxy groups -OCH3 is 1. The highest BCUT2D eigenvalue weighted by Crippen LogP contribution is 2.31. The number of benzene rings is 1. The average molecular weight is 337 g/mol. The van der Waals surface area contributed by atoms with E-state index in [1.54, 1.807) is 7.11 Å². The van der Waals surface area contributed by atoms with Crippen LogP contribution < -0.4 is 20.1 Å². The normalized spacial score (nSPS) is 10.3. The predicted octanol–water partition coefficient (Wildman–Crippen LogP) is 3.59. The fraction of sp³-hybridized carbons (Fsp3) is 0.375. The van der Waals surface area contributed by atoms with Gasteiger partial charge in [-0.25, -0.2) is 4.98 Å². The van der Waals surface area contributed by atoms with Crippen molar-refractivity contribution in [2.75, 3.05) is 37.3 Å². The second kappa shape index (κ2) is 8.43. The molecule has 1 aromatic heterocycles. The van der Waals surface area contributed by atoms with Crippen molar-refractivity contribution in [3.05, 3.63) is 30.0 Å². The number of hydrogen-bond acceptors (Lipinski definition) is 6. The molecule has 0 unspecified atom stereocenters. The molecule has 1 aromatic carbocycles. The smallest absolute Gasteiger partial charge is 0.229 e. The molecule has 0 aliphatic heterocycles. The maximum absolute atomic E-state index is 5.71. The average Bonchev–Trinajstić information content (AvgIpc) is 2.55. The summed E-state index contributed by atoms with van der Waals surface area (Å²) in [5.41, 5.74) is 1.69. The summed E-state index contributed by atoms with van der Waals surface area (Å²) in [5.74, 6) is 3.16. The summed E-state index contributed by atoms with van der Waals surface area (Å²) in [6.45, 7) is 2.45. The Hall–Kier alpha value is -2.21. The van der Waals surface area contributed by atoms with Crippen LogP contribution in [0, 0.1) is 6.92 Å². The van der Waals surface area contributed by atoms with Crippen molar-refractivity contribution < 1.29 is 9.47 Å². The van der Waals surface area contributed by atoms with Crippen molar-refractivity contribution in [2.45, 2.75) is 13.3 Å².